The molecule has 8 nitrogen and oxygen atoms in total. The lowest BCUT2D eigenvalue weighted by Gasteiger charge is -2.32. The molecule has 1 saturated heterocycles. The molecule has 2 aliphatic rings. The maximum Gasteiger partial charge on any atom is 0.401 e. The summed E-state index contributed by atoms with van der Waals surface area (Å²) < 4.78 is 8.99. The molecular weight excluding hydrogens is 286 g/mol. The number of hydrogen-bond donors (Lipinski definition) is 0. The number of imide groups is 1. The average Bonchev–Trinajstić information content (AvgIpc) is 2.98. The molecule has 3 heterocycles. The van der Waals surface area contributed by atoms with Gasteiger partial charge in [-0.05, 0) is 13.8 Å². The number of likely N-dealkylation sites (N-methyl/N-ethyl adjacent to an activating group) is 1. The molecule has 0 aromatic carbocycles. The zero-order chi connectivity index (χ0) is 16.0. The number of amides is 3. The number of rotatable bonds is 4. The molecule has 3 amide bonds. The van der Waals surface area contributed by atoms with Crippen LogP contribution < -0.4 is 4.57 Å². The molecule has 0 spiro atoms. The summed E-state index contributed by atoms with van der Waals surface area (Å²) >= 11 is 0. The Labute approximate surface area is 128 Å². The number of aryl methyl sites for hydroxylation is 1. The van der Waals surface area contributed by atoms with Gasteiger partial charge in [0.2, 0.25) is 11.9 Å². The minimum absolute atomic E-state index is 0.251. The van der Waals surface area contributed by atoms with Gasteiger partial charge in [-0.1, -0.05) is 4.99 Å². The van der Waals surface area contributed by atoms with E-state index in [2.05, 4.69) is 4.99 Å². The van der Waals surface area contributed by atoms with Crippen molar-refractivity contribution in [2.24, 2.45) is 12.0 Å². The molecule has 22 heavy (non-hydrogen) atoms. The molecule has 0 radical (unpaired) electrons. The van der Waals surface area contributed by atoms with Crippen molar-refractivity contribution in [3.8, 4) is 0 Å². The van der Waals surface area contributed by atoms with Crippen molar-refractivity contribution >= 4 is 23.7 Å². The average molecular weight is 306 g/mol. The first-order valence-electron chi connectivity index (χ1n) is 7.30. The van der Waals surface area contributed by atoms with Crippen LogP contribution in [0, 0.1) is 6.92 Å². The van der Waals surface area contributed by atoms with Gasteiger partial charge in [-0.3, -0.25) is 14.6 Å². The summed E-state index contributed by atoms with van der Waals surface area (Å²) in [6.07, 6.45) is 1.89. The van der Waals surface area contributed by atoms with Crippen LogP contribution in [0.3, 0.4) is 0 Å². The molecule has 118 valence electrons. The number of imidazole rings is 1. The van der Waals surface area contributed by atoms with Crippen LogP contribution in [0.5, 0.6) is 0 Å². The van der Waals surface area contributed by atoms with E-state index in [0.717, 1.165) is 5.69 Å². The second kappa shape index (κ2) is 5.20. The smallest absolute Gasteiger partial charge is 0.380 e. The van der Waals surface area contributed by atoms with E-state index < -0.39 is 6.04 Å². The van der Waals surface area contributed by atoms with E-state index in [-0.39, 0.29) is 18.5 Å². The van der Waals surface area contributed by atoms with Crippen molar-refractivity contribution in [2.45, 2.75) is 19.9 Å². The number of nitrogens with zero attached hydrogens (tertiary/aromatic N) is 5. The Morgan fingerprint density at radius 1 is 1.36 bits per heavy atom. The molecule has 1 atom stereocenters. The normalized spacial score (nSPS) is 20.4. The fourth-order valence-electron chi connectivity index (χ4n) is 2.80. The molecule has 0 bridgehead atoms. The maximum atomic E-state index is 12.8. The van der Waals surface area contributed by atoms with E-state index in [0.29, 0.717) is 25.0 Å². The van der Waals surface area contributed by atoms with E-state index in [1.165, 1.54) is 9.80 Å². The third-order valence-electron chi connectivity index (χ3n) is 4.15. The molecule has 1 aromatic heterocycles. The summed E-state index contributed by atoms with van der Waals surface area (Å²) in [5, 5.41) is 0. The first kappa shape index (κ1) is 14.7. The fraction of sp³-hybridized carbons (Fsp3) is 0.571. The highest BCUT2D eigenvalue weighted by atomic mass is 16.5. The highest BCUT2D eigenvalue weighted by Gasteiger charge is 2.52. The summed E-state index contributed by atoms with van der Waals surface area (Å²) in [6.45, 7) is 4.98. The van der Waals surface area contributed by atoms with Crippen LogP contribution in [0.2, 0.25) is 0 Å². The van der Waals surface area contributed by atoms with Crippen LogP contribution in [0.15, 0.2) is 11.2 Å². The highest BCUT2D eigenvalue weighted by Crippen LogP contribution is 2.28. The second-order valence-corrected chi connectivity index (χ2v) is 5.44. The van der Waals surface area contributed by atoms with Gasteiger partial charge in [0.1, 0.15) is 11.9 Å². The van der Waals surface area contributed by atoms with Crippen LogP contribution in [-0.4, -0.2) is 58.9 Å². The zero-order valence-electron chi connectivity index (χ0n) is 13.2. The maximum absolute atomic E-state index is 12.8. The summed E-state index contributed by atoms with van der Waals surface area (Å²) in [7, 11) is 3.54. The second-order valence-electron chi connectivity index (χ2n) is 5.44. The number of carbonyl (C=O) groups excluding carboxylic acids is 2. The Kier molecular flexibility index (Phi) is 3.48. The number of ether oxygens (including phenoxy) is 1. The lowest BCUT2D eigenvalue weighted by Crippen LogP contribution is -2.63. The lowest BCUT2D eigenvalue weighted by atomic mass is 10.1. The van der Waals surface area contributed by atoms with Crippen molar-refractivity contribution in [3.05, 3.63) is 11.9 Å². The molecule has 1 fully saturated rings. The molecule has 2 aliphatic heterocycles. The number of fused-ring (bicyclic) bond motifs is 3. The van der Waals surface area contributed by atoms with Gasteiger partial charge in [-0.25, -0.2) is 13.9 Å². The van der Waals surface area contributed by atoms with E-state index >= 15 is 0 Å². The topological polar surface area (TPSA) is 71.0 Å². The standard InChI is InChI=1S/C14H20N5O3/c1-5-22-7-6-18-12(20)10-11(17(4)14(18)21)15-13-16(3)9(2)8-19(10)13/h8,10H,5-7H2,1-4H3/q+1. The van der Waals surface area contributed by atoms with Gasteiger partial charge < -0.3 is 4.74 Å². The summed E-state index contributed by atoms with van der Waals surface area (Å²) in [6, 6.07) is -0.927. The third kappa shape index (κ3) is 1.94. The van der Waals surface area contributed by atoms with Gasteiger partial charge in [0.15, 0.2) is 0 Å². The van der Waals surface area contributed by atoms with Crippen LogP contribution in [0.25, 0.3) is 0 Å². The quantitative estimate of drug-likeness (QED) is 0.587. The minimum Gasteiger partial charge on any atom is -0.380 e. The molecule has 0 saturated carbocycles. The van der Waals surface area contributed by atoms with Gasteiger partial charge in [-0.2, -0.15) is 0 Å². The van der Waals surface area contributed by atoms with Gasteiger partial charge in [0.05, 0.1) is 20.2 Å². The zero-order valence-corrected chi connectivity index (χ0v) is 13.2. The van der Waals surface area contributed by atoms with Gasteiger partial charge in [0, 0.05) is 13.7 Å². The number of carbonyl (C=O) groups is 2. The van der Waals surface area contributed by atoms with Crippen LogP contribution in [-0.2, 0) is 16.6 Å². The van der Waals surface area contributed by atoms with E-state index in [9.17, 15) is 9.59 Å². The molecule has 8 heteroatoms. The Morgan fingerprint density at radius 2 is 2.09 bits per heavy atom. The van der Waals surface area contributed by atoms with E-state index in [1.807, 2.05) is 36.2 Å². The molecule has 0 N–H and O–H groups in total. The van der Waals surface area contributed by atoms with Crippen molar-refractivity contribution in [2.75, 3.05) is 26.8 Å². The van der Waals surface area contributed by atoms with E-state index in [4.69, 9.17) is 4.74 Å². The van der Waals surface area contributed by atoms with E-state index in [1.54, 1.807) is 7.05 Å². The van der Waals surface area contributed by atoms with Crippen LogP contribution in [0.4, 0.5) is 10.7 Å². The predicted molar refractivity (Wildman–Crippen MR) is 77.8 cm³/mol. The van der Waals surface area contributed by atoms with Crippen molar-refractivity contribution in [1.29, 1.82) is 0 Å². The Hall–Kier alpha value is -2.22. The molecular formula is C14H20N5O3+. The number of amidine groups is 1. The SMILES string of the molecule is CCOCCN1C(=O)C2C(=Nc3n(C)c(C)c[n+]32)N(C)C1=O. The summed E-state index contributed by atoms with van der Waals surface area (Å²) in [4.78, 5) is 32.3. The largest absolute Gasteiger partial charge is 0.401 e. The van der Waals surface area contributed by atoms with Crippen molar-refractivity contribution < 1.29 is 18.9 Å². The number of urea groups is 1. The van der Waals surface area contributed by atoms with Gasteiger partial charge >= 0.3 is 12.0 Å². The Morgan fingerprint density at radius 3 is 2.77 bits per heavy atom. The Balaban J connectivity index is 1.95. The summed E-state index contributed by atoms with van der Waals surface area (Å²) in [5.41, 5.74) is 1.01. The molecule has 3 rings (SSSR count). The molecule has 0 aliphatic carbocycles. The highest BCUT2D eigenvalue weighted by molar-refractivity contribution is 6.19. The first-order chi connectivity index (χ1) is 10.5. The lowest BCUT2D eigenvalue weighted by molar-refractivity contribution is -0.677. The predicted octanol–water partition coefficient (Wildman–Crippen LogP) is 0.136. The number of hydrogen-bond acceptors (Lipinski definition) is 4. The Bertz CT molecular complexity index is 678. The van der Waals surface area contributed by atoms with Crippen molar-refractivity contribution in [1.82, 2.24) is 14.4 Å². The van der Waals surface area contributed by atoms with Crippen molar-refractivity contribution in [3.63, 3.8) is 0 Å². The summed E-state index contributed by atoms with van der Waals surface area (Å²) in [5.74, 6) is 0.904. The minimum atomic E-state index is -0.570. The third-order valence-corrected chi connectivity index (χ3v) is 4.15. The van der Waals surface area contributed by atoms with Gasteiger partial charge in [-0.15, -0.1) is 0 Å². The first-order valence-corrected chi connectivity index (χ1v) is 7.30. The monoisotopic (exact) mass is 306 g/mol. The van der Waals surface area contributed by atoms with Crippen LogP contribution >= 0.6 is 0 Å². The number of aliphatic imine (C=N–C) groups is 1. The molecule has 1 unspecified atom stereocenters. The van der Waals surface area contributed by atoms with Gasteiger partial charge in [0.25, 0.3) is 5.91 Å². The fourth-order valence-corrected chi connectivity index (χ4v) is 2.80. The number of aromatic nitrogens is 2. The van der Waals surface area contributed by atoms with Crippen LogP contribution in [0.1, 0.15) is 18.7 Å². The molecule has 1 aromatic rings.